The van der Waals surface area contributed by atoms with Gasteiger partial charge in [0.2, 0.25) is 0 Å². The highest BCUT2D eigenvalue weighted by molar-refractivity contribution is 9.10. The molecule has 1 aromatic rings. The molecule has 2 amide bonds. The highest BCUT2D eigenvalue weighted by Crippen LogP contribution is 2.34. The smallest absolute Gasteiger partial charge is 0.410 e. The van der Waals surface area contributed by atoms with Gasteiger partial charge < -0.3 is 19.3 Å². The maximum atomic E-state index is 13.0. The van der Waals surface area contributed by atoms with Crippen LogP contribution in [-0.2, 0) is 4.74 Å². The molecule has 3 rings (SSSR count). The quantitative estimate of drug-likeness (QED) is 0.607. The lowest BCUT2D eigenvalue weighted by Gasteiger charge is -2.42. The van der Waals surface area contributed by atoms with Crippen LogP contribution in [0.4, 0.5) is 4.79 Å². The van der Waals surface area contributed by atoms with Crippen molar-refractivity contribution in [2.24, 2.45) is 0 Å². The summed E-state index contributed by atoms with van der Waals surface area (Å²) in [5.74, 6) is 0.405. The van der Waals surface area contributed by atoms with Gasteiger partial charge in [-0.05, 0) is 48.8 Å². The second kappa shape index (κ2) is 7.27. The van der Waals surface area contributed by atoms with Crippen molar-refractivity contribution in [2.75, 3.05) is 26.2 Å². The lowest BCUT2D eigenvalue weighted by atomic mass is 10.0. The van der Waals surface area contributed by atoms with Crippen molar-refractivity contribution in [1.82, 2.24) is 9.80 Å². The van der Waals surface area contributed by atoms with Gasteiger partial charge in [0.15, 0.2) is 0 Å². The van der Waals surface area contributed by atoms with Crippen molar-refractivity contribution in [2.45, 2.75) is 38.8 Å². The van der Waals surface area contributed by atoms with Gasteiger partial charge in [-0.2, -0.15) is 0 Å². The molecule has 1 atom stereocenters. The summed E-state index contributed by atoms with van der Waals surface area (Å²) < 4.78 is 11.9. The summed E-state index contributed by atoms with van der Waals surface area (Å²) in [6.45, 7) is 7.31. The predicted molar refractivity (Wildman–Crippen MR) is 102 cm³/mol. The number of carbonyl (C=O) groups is 2. The standard InChI is InChI=1S/C18H22BrClN2O4/c1-18(2,3)26-17(24)21-5-6-22-11(10-21)4-7-25-15-9-13(19)14(20)8-12(15)16(22)23/h8-9,11H,4-7,10H2,1-3H3/t11-/m1/s1. The molecule has 6 nitrogen and oxygen atoms in total. The number of hydrogen-bond acceptors (Lipinski definition) is 4. The molecule has 2 aliphatic rings. The second-order valence-electron chi connectivity index (χ2n) is 7.48. The van der Waals surface area contributed by atoms with Gasteiger partial charge in [-0.3, -0.25) is 4.79 Å². The third kappa shape index (κ3) is 4.09. The Labute approximate surface area is 166 Å². The third-order valence-electron chi connectivity index (χ3n) is 4.36. The SMILES string of the molecule is CC(C)(C)OC(=O)N1CCN2C(=O)c3cc(Cl)c(Br)cc3OCC[C@@H]2C1. The fourth-order valence-electron chi connectivity index (χ4n) is 3.14. The van der Waals surface area contributed by atoms with Crippen LogP contribution in [0.15, 0.2) is 16.6 Å². The van der Waals surface area contributed by atoms with E-state index in [9.17, 15) is 9.59 Å². The van der Waals surface area contributed by atoms with Gasteiger partial charge in [0, 0.05) is 30.5 Å². The van der Waals surface area contributed by atoms with Crippen LogP contribution in [0.2, 0.25) is 5.02 Å². The summed E-state index contributed by atoms with van der Waals surface area (Å²) in [4.78, 5) is 28.9. The number of fused-ring (bicyclic) bond motifs is 2. The first kappa shape index (κ1) is 19.3. The van der Waals surface area contributed by atoms with Crippen LogP contribution in [0.25, 0.3) is 0 Å². The van der Waals surface area contributed by atoms with Crippen molar-refractivity contribution in [3.8, 4) is 5.75 Å². The van der Waals surface area contributed by atoms with Crippen molar-refractivity contribution in [3.63, 3.8) is 0 Å². The second-order valence-corrected chi connectivity index (χ2v) is 8.74. The minimum atomic E-state index is -0.544. The zero-order chi connectivity index (χ0) is 19.1. The summed E-state index contributed by atoms with van der Waals surface area (Å²) in [6.07, 6.45) is 0.296. The Morgan fingerprint density at radius 2 is 2.08 bits per heavy atom. The van der Waals surface area contributed by atoms with Crippen LogP contribution in [-0.4, -0.2) is 59.7 Å². The monoisotopic (exact) mass is 444 g/mol. The van der Waals surface area contributed by atoms with Gasteiger partial charge in [-0.1, -0.05) is 11.6 Å². The van der Waals surface area contributed by atoms with Crippen molar-refractivity contribution >= 4 is 39.5 Å². The molecule has 1 saturated heterocycles. The Morgan fingerprint density at radius 3 is 2.77 bits per heavy atom. The average molecular weight is 446 g/mol. The molecule has 0 aromatic heterocycles. The number of piperazine rings is 1. The minimum absolute atomic E-state index is 0.112. The Balaban J connectivity index is 1.79. The summed E-state index contributed by atoms with van der Waals surface area (Å²) in [5.41, 5.74) is -0.0921. The van der Waals surface area contributed by atoms with E-state index in [0.717, 1.165) is 0 Å². The number of ether oxygens (including phenoxy) is 2. The maximum absolute atomic E-state index is 13.0. The van der Waals surface area contributed by atoms with Crippen LogP contribution in [0.3, 0.4) is 0 Å². The molecule has 1 aromatic carbocycles. The Hall–Kier alpha value is -1.47. The third-order valence-corrected chi connectivity index (χ3v) is 5.55. The molecule has 0 N–H and O–H groups in total. The number of carbonyl (C=O) groups excluding carboxylic acids is 2. The molecule has 26 heavy (non-hydrogen) atoms. The van der Waals surface area contributed by atoms with Gasteiger partial charge >= 0.3 is 6.09 Å². The largest absolute Gasteiger partial charge is 0.493 e. The fraction of sp³-hybridized carbons (Fsp3) is 0.556. The van der Waals surface area contributed by atoms with Crippen LogP contribution < -0.4 is 4.74 Å². The average Bonchev–Trinajstić information content (AvgIpc) is 2.54. The fourth-order valence-corrected chi connectivity index (χ4v) is 3.62. The number of nitrogens with zero attached hydrogens (tertiary/aromatic N) is 2. The van der Waals surface area contributed by atoms with Gasteiger partial charge in [0.25, 0.3) is 5.91 Å². The van der Waals surface area contributed by atoms with E-state index in [1.807, 2.05) is 25.7 Å². The van der Waals surface area contributed by atoms with E-state index < -0.39 is 5.60 Å². The molecule has 0 aliphatic carbocycles. The van der Waals surface area contributed by atoms with E-state index in [2.05, 4.69) is 15.9 Å². The van der Waals surface area contributed by atoms with E-state index >= 15 is 0 Å². The molecule has 142 valence electrons. The van der Waals surface area contributed by atoms with Gasteiger partial charge in [0.05, 0.1) is 23.2 Å². The molecule has 0 unspecified atom stereocenters. The predicted octanol–water partition coefficient (Wildman–Crippen LogP) is 3.95. The topological polar surface area (TPSA) is 59.1 Å². The molecule has 0 saturated carbocycles. The molecular formula is C18H22BrClN2O4. The summed E-state index contributed by atoms with van der Waals surface area (Å²) in [6, 6.07) is 3.25. The molecule has 0 radical (unpaired) electrons. The van der Waals surface area contributed by atoms with Crippen molar-refractivity contribution in [3.05, 3.63) is 27.2 Å². The molecule has 0 bridgehead atoms. The van der Waals surface area contributed by atoms with E-state index in [-0.39, 0.29) is 18.0 Å². The lowest BCUT2D eigenvalue weighted by molar-refractivity contribution is 0.00109. The number of amides is 2. The molecule has 8 heteroatoms. The summed E-state index contributed by atoms with van der Waals surface area (Å²) in [7, 11) is 0. The lowest BCUT2D eigenvalue weighted by Crippen LogP contribution is -2.58. The molecular weight excluding hydrogens is 424 g/mol. The maximum Gasteiger partial charge on any atom is 0.410 e. The Morgan fingerprint density at radius 1 is 1.35 bits per heavy atom. The first-order valence-electron chi connectivity index (χ1n) is 8.56. The Kier molecular flexibility index (Phi) is 5.40. The van der Waals surface area contributed by atoms with Gasteiger partial charge in [-0.15, -0.1) is 0 Å². The zero-order valence-electron chi connectivity index (χ0n) is 15.1. The first-order valence-corrected chi connectivity index (χ1v) is 9.73. The highest BCUT2D eigenvalue weighted by Gasteiger charge is 2.36. The number of benzene rings is 1. The van der Waals surface area contributed by atoms with E-state index in [4.69, 9.17) is 21.1 Å². The highest BCUT2D eigenvalue weighted by atomic mass is 79.9. The molecule has 2 aliphatic heterocycles. The van der Waals surface area contributed by atoms with Crippen LogP contribution in [0.5, 0.6) is 5.75 Å². The first-order chi connectivity index (χ1) is 12.2. The number of rotatable bonds is 0. The Bertz CT molecular complexity index is 735. The minimum Gasteiger partial charge on any atom is -0.493 e. The van der Waals surface area contributed by atoms with Crippen molar-refractivity contribution < 1.29 is 19.1 Å². The van der Waals surface area contributed by atoms with E-state index in [0.29, 0.717) is 53.5 Å². The molecule has 1 fully saturated rings. The summed E-state index contributed by atoms with van der Waals surface area (Å²) in [5, 5.41) is 0.463. The van der Waals surface area contributed by atoms with E-state index in [1.165, 1.54) is 0 Å². The van der Waals surface area contributed by atoms with Crippen molar-refractivity contribution in [1.29, 1.82) is 0 Å². The molecule has 2 heterocycles. The van der Waals surface area contributed by atoms with Gasteiger partial charge in [-0.25, -0.2) is 4.79 Å². The van der Waals surface area contributed by atoms with Crippen LogP contribution in [0, 0.1) is 0 Å². The zero-order valence-corrected chi connectivity index (χ0v) is 17.4. The molecule has 0 spiro atoms. The summed E-state index contributed by atoms with van der Waals surface area (Å²) >= 11 is 9.52. The van der Waals surface area contributed by atoms with E-state index in [1.54, 1.807) is 17.0 Å². The number of hydrogen-bond donors (Lipinski definition) is 0. The number of halogens is 2. The normalized spacial score (nSPS) is 20.5. The van der Waals surface area contributed by atoms with Gasteiger partial charge in [0.1, 0.15) is 11.4 Å². The van der Waals surface area contributed by atoms with Crippen LogP contribution in [0.1, 0.15) is 37.6 Å². The van der Waals surface area contributed by atoms with Crippen LogP contribution >= 0.6 is 27.5 Å².